The number of aromatic nitrogens is 2. The second kappa shape index (κ2) is 4.55. The Morgan fingerprint density at radius 1 is 1.62 bits per heavy atom. The molecule has 1 aliphatic rings. The van der Waals surface area contributed by atoms with Gasteiger partial charge in [0.25, 0.3) is 0 Å². The molecule has 0 aliphatic carbocycles. The van der Waals surface area contributed by atoms with Crippen LogP contribution in [0.15, 0.2) is 6.07 Å². The Hall–Kier alpha value is -0.870. The van der Waals surface area contributed by atoms with Crippen LogP contribution in [0.4, 0.5) is 0 Å². The van der Waals surface area contributed by atoms with Gasteiger partial charge in [0, 0.05) is 24.2 Å². The molecule has 1 atom stereocenters. The zero-order chi connectivity index (χ0) is 11.6. The molecule has 1 saturated heterocycles. The van der Waals surface area contributed by atoms with E-state index in [0.29, 0.717) is 0 Å². The summed E-state index contributed by atoms with van der Waals surface area (Å²) in [7, 11) is 0. The first-order valence-electron chi connectivity index (χ1n) is 6.08. The molecule has 16 heavy (non-hydrogen) atoms. The van der Waals surface area contributed by atoms with Crippen molar-refractivity contribution in [1.82, 2.24) is 15.1 Å². The molecule has 1 aromatic rings. The number of aryl methyl sites for hydroxylation is 2. The molecule has 0 aromatic carbocycles. The molecular formula is C12H21N3O. The molecule has 1 aliphatic heterocycles. The molecule has 0 radical (unpaired) electrons. The first kappa shape index (κ1) is 11.6. The van der Waals surface area contributed by atoms with Crippen molar-refractivity contribution in [3.63, 3.8) is 0 Å². The van der Waals surface area contributed by atoms with Crippen LogP contribution in [0.5, 0.6) is 0 Å². The van der Waals surface area contributed by atoms with E-state index >= 15 is 0 Å². The van der Waals surface area contributed by atoms with Gasteiger partial charge in [-0.3, -0.25) is 4.68 Å². The number of nitrogens with zero attached hydrogens (tertiary/aromatic N) is 2. The van der Waals surface area contributed by atoms with E-state index < -0.39 is 0 Å². The van der Waals surface area contributed by atoms with Gasteiger partial charge in [-0.25, -0.2) is 0 Å². The molecule has 1 aromatic heterocycles. The minimum absolute atomic E-state index is 0.112. The fourth-order valence-corrected chi connectivity index (χ4v) is 2.57. The lowest BCUT2D eigenvalue weighted by Crippen LogP contribution is -2.45. The molecule has 0 bridgehead atoms. The van der Waals surface area contributed by atoms with E-state index in [4.69, 9.17) is 0 Å². The first-order chi connectivity index (χ1) is 7.69. The van der Waals surface area contributed by atoms with Crippen LogP contribution in [-0.2, 0) is 13.0 Å². The average molecular weight is 223 g/mol. The third-order valence-corrected chi connectivity index (χ3v) is 3.44. The number of hydrogen-bond acceptors (Lipinski definition) is 3. The number of hydrogen-bond donors (Lipinski definition) is 2. The van der Waals surface area contributed by atoms with Gasteiger partial charge in [-0.1, -0.05) is 0 Å². The summed E-state index contributed by atoms with van der Waals surface area (Å²) >= 11 is 0. The highest BCUT2D eigenvalue weighted by Gasteiger charge is 2.33. The van der Waals surface area contributed by atoms with Gasteiger partial charge in [0.1, 0.15) is 0 Å². The van der Waals surface area contributed by atoms with E-state index in [1.54, 1.807) is 0 Å². The van der Waals surface area contributed by atoms with E-state index in [0.717, 1.165) is 38.0 Å². The maximum atomic E-state index is 9.56. The topological polar surface area (TPSA) is 50.1 Å². The Morgan fingerprint density at radius 3 is 3.00 bits per heavy atom. The predicted molar refractivity (Wildman–Crippen MR) is 63.4 cm³/mol. The molecule has 4 heteroatoms. The number of aliphatic hydroxyl groups excluding tert-OH is 1. The van der Waals surface area contributed by atoms with Crippen molar-refractivity contribution in [3.05, 3.63) is 17.5 Å². The highest BCUT2D eigenvalue weighted by molar-refractivity contribution is 5.14. The van der Waals surface area contributed by atoms with E-state index in [2.05, 4.69) is 23.4 Å². The lowest BCUT2D eigenvalue weighted by atomic mass is 9.92. The molecular weight excluding hydrogens is 202 g/mol. The van der Waals surface area contributed by atoms with Gasteiger partial charge in [-0.05, 0) is 39.3 Å². The van der Waals surface area contributed by atoms with Crippen LogP contribution in [0, 0.1) is 6.92 Å². The highest BCUT2D eigenvalue weighted by Crippen LogP contribution is 2.24. The van der Waals surface area contributed by atoms with Crippen molar-refractivity contribution < 1.29 is 5.11 Å². The summed E-state index contributed by atoms with van der Waals surface area (Å²) in [6, 6.07) is 2.13. The molecule has 2 heterocycles. The third-order valence-electron chi connectivity index (χ3n) is 3.44. The number of aliphatic hydroxyl groups is 1. The van der Waals surface area contributed by atoms with Gasteiger partial charge in [-0.15, -0.1) is 0 Å². The van der Waals surface area contributed by atoms with Gasteiger partial charge >= 0.3 is 0 Å². The summed E-state index contributed by atoms with van der Waals surface area (Å²) in [5, 5.41) is 17.4. The quantitative estimate of drug-likeness (QED) is 0.796. The van der Waals surface area contributed by atoms with Crippen molar-refractivity contribution in [2.75, 3.05) is 13.2 Å². The SMILES string of the molecule is CCn1nc(C)cc1CC1(CO)CCCN1. The molecule has 2 N–H and O–H groups in total. The maximum absolute atomic E-state index is 9.56. The first-order valence-corrected chi connectivity index (χ1v) is 6.08. The Balaban J connectivity index is 2.18. The Kier molecular flexibility index (Phi) is 3.30. The summed E-state index contributed by atoms with van der Waals surface area (Å²) in [6.07, 6.45) is 3.08. The predicted octanol–water partition coefficient (Wildman–Crippen LogP) is 0.868. The van der Waals surface area contributed by atoms with Crippen molar-refractivity contribution in [2.45, 2.75) is 45.2 Å². The van der Waals surface area contributed by atoms with Crippen molar-refractivity contribution in [2.24, 2.45) is 0 Å². The highest BCUT2D eigenvalue weighted by atomic mass is 16.3. The normalized spacial score (nSPS) is 25.2. The summed E-state index contributed by atoms with van der Waals surface area (Å²) in [6.45, 7) is 6.23. The van der Waals surface area contributed by atoms with E-state index in [9.17, 15) is 5.11 Å². The monoisotopic (exact) mass is 223 g/mol. The molecule has 0 amide bonds. The molecule has 2 rings (SSSR count). The zero-order valence-corrected chi connectivity index (χ0v) is 10.2. The van der Waals surface area contributed by atoms with Gasteiger partial charge in [0.2, 0.25) is 0 Å². The summed E-state index contributed by atoms with van der Waals surface area (Å²) in [5.74, 6) is 0. The van der Waals surface area contributed by atoms with E-state index in [1.165, 1.54) is 5.69 Å². The van der Waals surface area contributed by atoms with Crippen LogP contribution in [0.1, 0.15) is 31.2 Å². The maximum Gasteiger partial charge on any atom is 0.0617 e. The van der Waals surface area contributed by atoms with Crippen molar-refractivity contribution in [3.8, 4) is 0 Å². The van der Waals surface area contributed by atoms with Gasteiger partial charge in [-0.2, -0.15) is 5.10 Å². The largest absolute Gasteiger partial charge is 0.394 e. The molecule has 0 spiro atoms. The van der Waals surface area contributed by atoms with Crippen molar-refractivity contribution in [1.29, 1.82) is 0 Å². The van der Waals surface area contributed by atoms with Crippen LogP contribution in [-0.4, -0.2) is 33.6 Å². The fourth-order valence-electron chi connectivity index (χ4n) is 2.57. The van der Waals surface area contributed by atoms with Crippen molar-refractivity contribution >= 4 is 0 Å². The summed E-state index contributed by atoms with van der Waals surface area (Å²) < 4.78 is 2.03. The number of rotatable bonds is 4. The van der Waals surface area contributed by atoms with Crippen LogP contribution in [0.3, 0.4) is 0 Å². The second-order valence-electron chi connectivity index (χ2n) is 4.74. The van der Waals surface area contributed by atoms with Crippen LogP contribution < -0.4 is 5.32 Å². The minimum atomic E-state index is -0.112. The number of nitrogens with one attached hydrogen (secondary N) is 1. The minimum Gasteiger partial charge on any atom is -0.394 e. The van der Waals surface area contributed by atoms with Crippen LogP contribution in [0.2, 0.25) is 0 Å². The lowest BCUT2D eigenvalue weighted by Gasteiger charge is -2.27. The standard InChI is InChI=1S/C12H21N3O/c1-3-15-11(7-10(2)14-15)8-12(9-16)5-4-6-13-12/h7,13,16H,3-6,8-9H2,1-2H3. The van der Waals surface area contributed by atoms with Gasteiger partial charge < -0.3 is 10.4 Å². The van der Waals surface area contributed by atoms with Crippen LogP contribution >= 0.6 is 0 Å². The molecule has 1 unspecified atom stereocenters. The summed E-state index contributed by atoms with van der Waals surface area (Å²) in [5.41, 5.74) is 2.17. The average Bonchev–Trinajstić information content (AvgIpc) is 2.86. The Bertz CT molecular complexity index is 353. The third kappa shape index (κ3) is 2.13. The van der Waals surface area contributed by atoms with Gasteiger partial charge in [0.05, 0.1) is 12.3 Å². The van der Waals surface area contributed by atoms with E-state index in [-0.39, 0.29) is 12.1 Å². The second-order valence-corrected chi connectivity index (χ2v) is 4.74. The molecule has 4 nitrogen and oxygen atoms in total. The molecule has 0 saturated carbocycles. The lowest BCUT2D eigenvalue weighted by molar-refractivity contribution is 0.175. The smallest absolute Gasteiger partial charge is 0.0617 e. The Morgan fingerprint density at radius 2 is 2.44 bits per heavy atom. The molecule has 90 valence electrons. The Labute approximate surface area is 96.7 Å². The summed E-state index contributed by atoms with van der Waals surface area (Å²) in [4.78, 5) is 0. The van der Waals surface area contributed by atoms with Crippen LogP contribution in [0.25, 0.3) is 0 Å². The fraction of sp³-hybridized carbons (Fsp3) is 0.750. The van der Waals surface area contributed by atoms with E-state index in [1.807, 2.05) is 11.6 Å². The molecule has 1 fully saturated rings. The zero-order valence-electron chi connectivity index (χ0n) is 10.2. The van der Waals surface area contributed by atoms with Gasteiger partial charge in [0.15, 0.2) is 0 Å².